The summed E-state index contributed by atoms with van der Waals surface area (Å²) in [6.45, 7) is 3.70. The van der Waals surface area contributed by atoms with Gasteiger partial charge in [-0.15, -0.1) is 0 Å². The Hall–Kier alpha value is -0.990. The molecule has 16 heavy (non-hydrogen) atoms. The maximum absolute atomic E-state index is 6.13. The Kier molecular flexibility index (Phi) is 2.62. The normalized spacial score (nSPS) is 16.6. The van der Waals surface area contributed by atoms with Crippen molar-refractivity contribution in [2.75, 3.05) is 19.6 Å². The van der Waals surface area contributed by atoms with Crippen LogP contribution in [0.2, 0.25) is 5.02 Å². The van der Waals surface area contributed by atoms with E-state index in [1.807, 2.05) is 12.1 Å². The Morgan fingerprint density at radius 3 is 2.94 bits per heavy atom. The highest BCUT2D eigenvalue weighted by molar-refractivity contribution is 6.35. The molecule has 1 aromatic heterocycles. The van der Waals surface area contributed by atoms with Crippen LogP contribution in [-0.4, -0.2) is 29.5 Å². The van der Waals surface area contributed by atoms with Crippen LogP contribution in [0.5, 0.6) is 0 Å². The Balaban J connectivity index is 1.83. The van der Waals surface area contributed by atoms with Crippen LogP contribution in [0.15, 0.2) is 24.4 Å². The number of likely N-dealkylation sites (tertiary alicyclic amines) is 1. The van der Waals surface area contributed by atoms with Gasteiger partial charge in [-0.05, 0) is 37.6 Å². The number of nitrogens with one attached hydrogen (secondary N) is 1. The zero-order valence-electron chi connectivity index (χ0n) is 9.17. The lowest BCUT2D eigenvalue weighted by Crippen LogP contribution is -2.38. The number of aromatic amines is 1. The summed E-state index contributed by atoms with van der Waals surface area (Å²) < 4.78 is 0. The van der Waals surface area contributed by atoms with Crippen molar-refractivity contribution >= 4 is 22.5 Å². The molecule has 0 unspecified atom stereocenters. The standard InChI is InChI=1S/C13H15ClN2/c14-12-4-1-3-11-10(9-15-13(11)12)5-8-16-6-2-7-16/h1,3-4,9,15H,2,5-8H2. The molecule has 0 aliphatic carbocycles. The quantitative estimate of drug-likeness (QED) is 0.865. The second kappa shape index (κ2) is 4.11. The Bertz CT molecular complexity index is 500. The second-order valence-electron chi connectivity index (χ2n) is 4.42. The number of nitrogens with zero attached hydrogens (tertiary/aromatic N) is 1. The van der Waals surface area contributed by atoms with Crippen LogP contribution < -0.4 is 0 Å². The molecule has 1 saturated heterocycles. The van der Waals surface area contributed by atoms with E-state index in [0.29, 0.717) is 0 Å². The van der Waals surface area contributed by atoms with Gasteiger partial charge in [0.2, 0.25) is 0 Å². The molecule has 0 radical (unpaired) electrons. The molecule has 1 aromatic carbocycles. The number of fused-ring (bicyclic) bond motifs is 1. The van der Waals surface area contributed by atoms with Crippen LogP contribution in [0.1, 0.15) is 12.0 Å². The number of benzene rings is 1. The van der Waals surface area contributed by atoms with Gasteiger partial charge in [0, 0.05) is 18.1 Å². The number of hydrogen-bond donors (Lipinski definition) is 1. The first-order chi connectivity index (χ1) is 7.84. The van der Waals surface area contributed by atoms with Gasteiger partial charge in [-0.2, -0.15) is 0 Å². The summed E-state index contributed by atoms with van der Waals surface area (Å²) in [4.78, 5) is 5.76. The first kappa shape index (κ1) is 10.2. The number of hydrogen-bond acceptors (Lipinski definition) is 1. The number of rotatable bonds is 3. The predicted octanol–water partition coefficient (Wildman–Crippen LogP) is 3.07. The highest BCUT2D eigenvalue weighted by atomic mass is 35.5. The van der Waals surface area contributed by atoms with Gasteiger partial charge < -0.3 is 9.88 Å². The lowest BCUT2D eigenvalue weighted by Gasteiger charge is -2.30. The van der Waals surface area contributed by atoms with Gasteiger partial charge in [0.25, 0.3) is 0 Å². The van der Waals surface area contributed by atoms with E-state index in [4.69, 9.17) is 11.6 Å². The molecule has 0 amide bonds. The summed E-state index contributed by atoms with van der Waals surface area (Å²) in [5.74, 6) is 0. The van der Waals surface area contributed by atoms with Crippen molar-refractivity contribution < 1.29 is 0 Å². The van der Waals surface area contributed by atoms with E-state index in [0.717, 1.165) is 17.0 Å². The number of halogens is 1. The zero-order chi connectivity index (χ0) is 11.0. The highest BCUT2D eigenvalue weighted by Gasteiger charge is 2.14. The molecule has 3 heteroatoms. The van der Waals surface area contributed by atoms with Gasteiger partial charge in [0.15, 0.2) is 0 Å². The van der Waals surface area contributed by atoms with Gasteiger partial charge in [0.1, 0.15) is 0 Å². The monoisotopic (exact) mass is 234 g/mol. The number of H-pyrrole nitrogens is 1. The molecule has 1 aliphatic rings. The molecule has 84 valence electrons. The molecule has 0 atom stereocenters. The summed E-state index contributed by atoms with van der Waals surface area (Å²) in [5, 5.41) is 2.08. The lowest BCUT2D eigenvalue weighted by molar-refractivity contribution is 0.184. The fourth-order valence-electron chi connectivity index (χ4n) is 2.27. The minimum Gasteiger partial charge on any atom is -0.360 e. The van der Waals surface area contributed by atoms with Crippen molar-refractivity contribution in [2.24, 2.45) is 0 Å². The number of para-hydroxylation sites is 1. The molecular weight excluding hydrogens is 220 g/mol. The maximum Gasteiger partial charge on any atom is 0.0647 e. The van der Waals surface area contributed by atoms with Gasteiger partial charge in [-0.3, -0.25) is 0 Å². The SMILES string of the molecule is Clc1cccc2c(CCN3CCC3)c[nH]c12. The third-order valence-electron chi connectivity index (χ3n) is 3.40. The summed E-state index contributed by atoms with van der Waals surface area (Å²) in [6.07, 6.45) is 4.57. The smallest absolute Gasteiger partial charge is 0.0647 e. The topological polar surface area (TPSA) is 19.0 Å². The van der Waals surface area contributed by atoms with Crippen molar-refractivity contribution in [2.45, 2.75) is 12.8 Å². The number of aromatic nitrogens is 1. The summed E-state index contributed by atoms with van der Waals surface area (Å²) in [5.41, 5.74) is 2.45. The van der Waals surface area contributed by atoms with Crippen molar-refractivity contribution in [3.63, 3.8) is 0 Å². The fourth-order valence-corrected chi connectivity index (χ4v) is 2.50. The van der Waals surface area contributed by atoms with E-state index >= 15 is 0 Å². The molecule has 0 spiro atoms. The Labute approximate surface area is 100 Å². The predicted molar refractivity (Wildman–Crippen MR) is 68.1 cm³/mol. The van der Waals surface area contributed by atoms with E-state index < -0.39 is 0 Å². The van der Waals surface area contributed by atoms with E-state index in [1.54, 1.807) is 0 Å². The summed E-state index contributed by atoms with van der Waals surface area (Å²) in [7, 11) is 0. The molecule has 2 aromatic rings. The van der Waals surface area contributed by atoms with Crippen molar-refractivity contribution in [3.8, 4) is 0 Å². The van der Waals surface area contributed by atoms with Gasteiger partial charge in [-0.1, -0.05) is 23.7 Å². The van der Waals surface area contributed by atoms with Crippen LogP contribution in [0.3, 0.4) is 0 Å². The average Bonchev–Trinajstić information content (AvgIpc) is 2.61. The van der Waals surface area contributed by atoms with Gasteiger partial charge >= 0.3 is 0 Å². The molecular formula is C13H15ClN2. The molecule has 1 aliphatic heterocycles. The van der Waals surface area contributed by atoms with Crippen molar-refractivity contribution in [1.29, 1.82) is 0 Å². The summed E-state index contributed by atoms with van der Waals surface area (Å²) in [6, 6.07) is 6.09. The lowest BCUT2D eigenvalue weighted by atomic mass is 10.1. The van der Waals surface area contributed by atoms with Crippen molar-refractivity contribution in [3.05, 3.63) is 35.0 Å². The molecule has 0 bridgehead atoms. The minimum atomic E-state index is 0.813. The molecule has 2 nitrogen and oxygen atoms in total. The maximum atomic E-state index is 6.13. The molecule has 2 heterocycles. The second-order valence-corrected chi connectivity index (χ2v) is 4.83. The van der Waals surface area contributed by atoms with Crippen LogP contribution in [0, 0.1) is 0 Å². The highest BCUT2D eigenvalue weighted by Crippen LogP contribution is 2.25. The van der Waals surface area contributed by atoms with E-state index in [9.17, 15) is 0 Å². The van der Waals surface area contributed by atoms with E-state index in [-0.39, 0.29) is 0 Å². The van der Waals surface area contributed by atoms with Crippen LogP contribution >= 0.6 is 11.6 Å². The first-order valence-electron chi connectivity index (χ1n) is 5.81. The molecule has 1 N–H and O–H groups in total. The molecule has 0 saturated carbocycles. The Morgan fingerprint density at radius 2 is 2.19 bits per heavy atom. The third-order valence-corrected chi connectivity index (χ3v) is 3.71. The van der Waals surface area contributed by atoms with E-state index in [1.165, 1.54) is 37.0 Å². The molecule has 3 rings (SSSR count). The van der Waals surface area contributed by atoms with Crippen LogP contribution in [0.4, 0.5) is 0 Å². The fraction of sp³-hybridized carbons (Fsp3) is 0.385. The minimum absolute atomic E-state index is 0.813. The Morgan fingerprint density at radius 1 is 1.31 bits per heavy atom. The first-order valence-corrected chi connectivity index (χ1v) is 6.19. The summed E-state index contributed by atoms with van der Waals surface area (Å²) >= 11 is 6.13. The third kappa shape index (κ3) is 1.72. The van der Waals surface area contributed by atoms with Crippen LogP contribution in [0.25, 0.3) is 10.9 Å². The van der Waals surface area contributed by atoms with Crippen LogP contribution in [-0.2, 0) is 6.42 Å². The average molecular weight is 235 g/mol. The van der Waals surface area contributed by atoms with Gasteiger partial charge in [0.05, 0.1) is 10.5 Å². The molecule has 1 fully saturated rings. The van der Waals surface area contributed by atoms with Crippen molar-refractivity contribution in [1.82, 2.24) is 9.88 Å². The van der Waals surface area contributed by atoms with Gasteiger partial charge in [-0.25, -0.2) is 0 Å². The largest absolute Gasteiger partial charge is 0.360 e. The van der Waals surface area contributed by atoms with E-state index in [2.05, 4.69) is 22.1 Å². The zero-order valence-corrected chi connectivity index (χ0v) is 9.93.